The van der Waals surface area contributed by atoms with Crippen LogP contribution in [0.3, 0.4) is 0 Å². The number of rotatable bonds is 5. The summed E-state index contributed by atoms with van der Waals surface area (Å²) in [6.07, 6.45) is 2.41. The van der Waals surface area contributed by atoms with Crippen LogP contribution in [0.2, 0.25) is 5.02 Å². The summed E-state index contributed by atoms with van der Waals surface area (Å²) in [5.41, 5.74) is 0.867. The summed E-state index contributed by atoms with van der Waals surface area (Å²) >= 11 is 6.01. The molecule has 5 nitrogen and oxygen atoms in total. The maximum atomic E-state index is 13.4. The maximum Gasteiger partial charge on any atom is 0.253 e. The van der Waals surface area contributed by atoms with Gasteiger partial charge in [0.15, 0.2) is 0 Å². The van der Waals surface area contributed by atoms with E-state index in [1.165, 1.54) is 19.2 Å². The molecule has 7 heteroatoms. The van der Waals surface area contributed by atoms with E-state index in [0.29, 0.717) is 18.7 Å². The Morgan fingerprint density at radius 2 is 2.16 bits per heavy atom. The molecule has 2 N–H and O–H groups in total. The Hall–Kier alpha value is -2.18. The van der Waals surface area contributed by atoms with Crippen molar-refractivity contribution < 1.29 is 19.0 Å². The number of benzene rings is 1. The SMILES string of the molecule is COc1ccc([C@@H](NC(=O)c2cc(F)ccc2Cl)C2CC(O)C2)cn1. The molecule has 25 heavy (non-hydrogen) atoms. The molecule has 1 aromatic heterocycles. The van der Waals surface area contributed by atoms with Crippen molar-refractivity contribution in [2.45, 2.75) is 25.0 Å². The lowest BCUT2D eigenvalue weighted by Crippen LogP contribution is -2.41. The molecule has 1 fully saturated rings. The highest BCUT2D eigenvalue weighted by Gasteiger charge is 2.36. The lowest BCUT2D eigenvalue weighted by Gasteiger charge is -2.38. The Morgan fingerprint density at radius 3 is 2.76 bits per heavy atom. The molecule has 3 rings (SSSR count). The van der Waals surface area contributed by atoms with Crippen LogP contribution >= 0.6 is 11.6 Å². The summed E-state index contributed by atoms with van der Waals surface area (Å²) in [6.45, 7) is 0. The normalized spacial score (nSPS) is 20.5. The third-order valence-corrected chi connectivity index (χ3v) is 4.74. The molecule has 0 spiro atoms. The second-order valence-electron chi connectivity index (χ2n) is 6.09. The Bertz CT molecular complexity index is 763. The third-order valence-electron chi connectivity index (χ3n) is 4.41. The maximum absolute atomic E-state index is 13.4. The van der Waals surface area contributed by atoms with E-state index in [9.17, 15) is 14.3 Å². The van der Waals surface area contributed by atoms with Gasteiger partial charge in [0.1, 0.15) is 5.82 Å². The van der Waals surface area contributed by atoms with Crippen molar-refractivity contribution in [2.24, 2.45) is 5.92 Å². The molecule has 1 aromatic carbocycles. The van der Waals surface area contributed by atoms with E-state index in [-0.39, 0.29) is 28.6 Å². The van der Waals surface area contributed by atoms with Crippen molar-refractivity contribution in [3.05, 3.63) is 58.5 Å². The van der Waals surface area contributed by atoms with Gasteiger partial charge >= 0.3 is 0 Å². The number of methoxy groups -OCH3 is 1. The number of aliphatic hydroxyl groups is 1. The van der Waals surface area contributed by atoms with Gasteiger partial charge in [-0.05, 0) is 42.5 Å². The Kier molecular flexibility index (Phi) is 5.20. The third kappa shape index (κ3) is 3.91. The van der Waals surface area contributed by atoms with Gasteiger partial charge in [-0.3, -0.25) is 4.79 Å². The fraction of sp³-hybridized carbons (Fsp3) is 0.333. The van der Waals surface area contributed by atoms with E-state index < -0.39 is 11.7 Å². The van der Waals surface area contributed by atoms with Crippen LogP contribution in [0.5, 0.6) is 5.88 Å². The predicted molar refractivity (Wildman–Crippen MR) is 91.1 cm³/mol. The Balaban J connectivity index is 1.84. The molecule has 1 atom stereocenters. The van der Waals surface area contributed by atoms with Gasteiger partial charge < -0.3 is 15.2 Å². The van der Waals surface area contributed by atoms with Crippen molar-refractivity contribution in [3.63, 3.8) is 0 Å². The molecule has 132 valence electrons. The minimum absolute atomic E-state index is 0.0708. The number of ether oxygens (including phenoxy) is 1. The van der Waals surface area contributed by atoms with Crippen LogP contribution in [-0.2, 0) is 0 Å². The number of amides is 1. The smallest absolute Gasteiger partial charge is 0.253 e. The molecule has 1 amide bonds. The summed E-state index contributed by atoms with van der Waals surface area (Å²) in [6, 6.07) is 6.83. The van der Waals surface area contributed by atoms with Crippen LogP contribution in [-0.4, -0.2) is 29.2 Å². The summed E-state index contributed by atoms with van der Waals surface area (Å²) < 4.78 is 18.5. The summed E-state index contributed by atoms with van der Waals surface area (Å²) in [5, 5.41) is 12.7. The molecule has 1 heterocycles. The van der Waals surface area contributed by atoms with E-state index in [0.717, 1.165) is 11.6 Å². The zero-order valence-corrected chi connectivity index (χ0v) is 14.3. The molecule has 0 aliphatic heterocycles. The van der Waals surface area contributed by atoms with Gasteiger partial charge in [-0.15, -0.1) is 0 Å². The summed E-state index contributed by atoms with van der Waals surface area (Å²) in [4.78, 5) is 16.7. The number of aromatic nitrogens is 1. The topological polar surface area (TPSA) is 71.5 Å². The first-order chi connectivity index (χ1) is 12.0. The first-order valence-electron chi connectivity index (χ1n) is 7.92. The molecular weight excluding hydrogens is 347 g/mol. The van der Waals surface area contributed by atoms with Crippen molar-refractivity contribution in [3.8, 4) is 5.88 Å². The average Bonchev–Trinajstić information content (AvgIpc) is 2.59. The van der Waals surface area contributed by atoms with Gasteiger partial charge in [0, 0.05) is 12.3 Å². The highest BCUT2D eigenvalue weighted by atomic mass is 35.5. The summed E-state index contributed by atoms with van der Waals surface area (Å²) in [5.74, 6) is -0.458. The molecule has 1 saturated carbocycles. The lowest BCUT2D eigenvalue weighted by molar-refractivity contribution is 0.0234. The molecule has 0 bridgehead atoms. The predicted octanol–water partition coefficient (Wildman–Crippen LogP) is 3.12. The second-order valence-corrected chi connectivity index (χ2v) is 6.50. The van der Waals surface area contributed by atoms with Crippen LogP contribution in [0, 0.1) is 11.7 Å². The largest absolute Gasteiger partial charge is 0.481 e. The number of halogens is 2. The fourth-order valence-electron chi connectivity index (χ4n) is 2.96. The highest BCUT2D eigenvalue weighted by Crippen LogP contribution is 2.38. The van der Waals surface area contributed by atoms with Gasteiger partial charge in [0.2, 0.25) is 5.88 Å². The van der Waals surface area contributed by atoms with Crippen LogP contribution in [0.1, 0.15) is 34.8 Å². The van der Waals surface area contributed by atoms with E-state index >= 15 is 0 Å². The number of hydrogen-bond donors (Lipinski definition) is 2. The molecule has 0 unspecified atom stereocenters. The van der Waals surface area contributed by atoms with Gasteiger partial charge in [0.05, 0.1) is 29.8 Å². The van der Waals surface area contributed by atoms with Crippen molar-refractivity contribution in [2.75, 3.05) is 7.11 Å². The van der Waals surface area contributed by atoms with E-state index in [2.05, 4.69) is 10.3 Å². The van der Waals surface area contributed by atoms with Crippen LogP contribution in [0.25, 0.3) is 0 Å². The first kappa shape index (κ1) is 17.6. The molecular formula is C18H18ClFN2O3. The number of carbonyl (C=O) groups is 1. The number of aliphatic hydroxyl groups excluding tert-OH is 1. The number of nitrogens with one attached hydrogen (secondary N) is 1. The zero-order valence-electron chi connectivity index (χ0n) is 13.6. The number of hydrogen-bond acceptors (Lipinski definition) is 4. The van der Waals surface area contributed by atoms with Gasteiger partial charge in [-0.25, -0.2) is 9.37 Å². The minimum Gasteiger partial charge on any atom is -0.481 e. The van der Waals surface area contributed by atoms with E-state index in [1.54, 1.807) is 12.3 Å². The number of pyridine rings is 1. The highest BCUT2D eigenvalue weighted by molar-refractivity contribution is 6.33. The molecule has 1 aliphatic rings. The minimum atomic E-state index is -0.531. The van der Waals surface area contributed by atoms with Crippen molar-refractivity contribution >= 4 is 17.5 Å². The van der Waals surface area contributed by atoms with Crippen LogP contribution < -0.4 is 10.1 Å². The molecule has 0 radical (unpaired) electrons. The van der Waals surface area contributed by atoms with Crippen LogP contribution in [0.4, 0.5) is 4.39 Å². The number of carbonyl (C=O) groups excluding carboxylic acids is 1. The molecule has 0 saturated heterocycles. The average molecular weight is 365 g/mol. The Morgan fingerprint density at radius 1 is 1.40 bits per heavy atom. The molecule has 2 aromatic rings. The van der Waals surface area contributed by atoms with Gasteiger partial charge in [-0.2, -0.15) is 0 Å². The fourth-order valence-corrected chi connectivity index (χ4v) is 3.17. The van der Waals surface area contributed by atoms with Gasteiger partial charge in [0.25, 0.3) is 5.91 Å². The lowest BCUT2D eigenvalue weighted by atomic mass is 9.75. The Labute approximate surface area is 149 Å². The monoisotopic (exact) mass is 364 g/mol. The van der Waals surface area contributed by atoms with E-state index in [4.69, 9.17) is 16.3 Å². The second kappa shape index (κ2) is 7.37. The van der Waals surface area contributed by atoms with Gasteiger partial charge in [-0.1, -0.05) is 17.7 Å². The van der Waals surface area contributed by atoms with Crippen molar-refractivity contribution in [1.29, 1.82) is 0 Å². The quantitative estimate of drug-likeness (QED) is 0.855. The summed E-state index contributed by atoms with van der Waals surface area (Å²) in [7, 11) is 1.52. The standard InChI is InChI=1S/C18H18ClFN2O3/c1-25-16-5-2-10(9-21-16)17(11-6-13(23)7-11)22-18(24)14-8-12(20)3-4-15(14)19/h2-5,8-9,11,13,17,23H,6-7H2,1H3,(H,22,24)/t11?,13?,17-/m1/s1. The first-order valence-corrected chi connectivity index (χ1v) is 8.29. The van der Waals surface area contributed by atoms with Crippen molar-refractivity contribution in [1.82, 2.24) is 10.3 Å². The zero-order chi connectivity index (χ0) is 18.0. The number of nitrogens with zero attached hydrogens (tertiary/aromatic N) is 1. The van der Waals surface area contributed by atoms with Crippen LogP contribution in [0.15, 0.2) is 36.5 Å². The van der Waals surface area contributed by atoms with E-state index in [1.807, 2.05) is 6.07 Å². The molecule has 1 aliphatic carbocycles.